The van der Waals surface area contributed by atoms with Crippen LogP contribution in [0.25, 0.3) is 33.6 Å². The fourth-order valence-electron chi connectivity index (χ4n) is 3.46. The lowest BCUT2D eigenvalue weighted by atomic mass is 10.1. The van der Waals surface area contributed by atoms with Crippen molar-refractivity contribution in [1.82, 2.24) is 19.5 Å². The summed E-state index contributed by atoms with van der Waals surface area (Å²) in [6.45, 7) is 1.46. The minimum Gasteiger partial charge on any atom is -0.379 e. The molecule has 0 unspecified atom stereocenters. The Morgan fingerprint density at radius 2 is 1.81 bits per heavy atom. The Morgan fingerprint density at radius 1 is 1.08 bits per heavy atom. The Kier molecular flexibility index (Phi) is 6.71. The zero-order valence-electron chi connectivity index (χ0n) is 19.7. The van der Waals surface area contributed by atoms with Gasteiger partial charge in [0.25, 0.3) is 0 Å². The predicted molar refractivity (Wildman–Crippen MR) is 130 cm³/mol. The maximum atomic E-state index is 13.2. The summed E-state index contributed by atoms with van der Waals surface area (Å²) in [7, 11) is -5.69. The molecule has 0 radical (unpaired) electrons. The van der Waals surface area contributed by atoms with Gasteiger partial charge in [0.1, 0.15) is 11.2 Å². The van der Waals surface area contributed by atoms with Crippen molar-refractivity contribution >= 4 is 48.0 Å². The molecule has 0 aliphatic carbocycles. The maximum Gasteiger partial charge on any atom is 0.417 e. The first-order valence-corrected chi connectivity index (χ1v) is 14.3. The van der Waals surface area contributed by atoms with Gasteiger partial charge >= 0.3 is 6.18 Å². The van der Waals surface area contributed by atoms with Gasteiger partial charge in [-0.2, -0.15) is 13.2 Å². The highest BCUT2D eigenvalue weighted by atomic mass is 32.2. The normalized spacial score (nSPS) is 13.1. The van der Waals surface area contributed by atoms with Crippen LogP contribution < -0.4 is 0 Å². The number of nitrogens with zero attached hydrogens (tertiary/aromatic N) is 5. The van der Waals surface area contributed by atoms with Crippen molar-refractivity contribution in [3.8, 4) is 11.5 Å². The average Bonchev–Trinajstić information content (AvgIpc) is 3.15. The van der Waals surface area contributed by atoms with Gasteiger partial charge in [0.05, 0.1) is 27.9 Å². The largest absolute Gasteiger partial charge is 0.417 e. The van der Waals surface area contributed by atoms with E-state index in [1.807, 2.05) is 0 Å². The monoisotopic (exact) mass is 555 g/mol. The Morgan fingerprint density at radius 3 is 2.46 bits per heavy atom. The Hall–Kier alpha value is -3.59. The molecule has 0 saturated carbocycles. The van der Waals surface area contributed by atoms with Crippen molar-refractivity contribution in [3.63, 3.8) is 0 Å². The number of aryl methyl sites for hydroxylation is 1. The molecular weight excluding hydrogens is 535 g/mol. The Labute approximate surface area is 209 Å². The van der Waals surface area contributed by atoms with Crippen LogP contribution in [0.5, 0.6) is 0 Å². The Balaban J connectivity index is 1.88. The summed E-state index contributed by atoms with van der Waals surface area (Å²) >= 11 is 0. The highest BCUT2D eigenvalue weighted by Gasteiger charge is 2.32. The number of sulfone groups is 2. The fourth-order valence-corrected chi connectivity index (χ4v) is 4.77. The van der Waals surface area contributed by atoms with E-state index in [0.29, 0.717) is 22.7 Å². The molecular formula is C22H20F3N5O5S2. The second kappa shape index (κ2) is 9.37. The van der Waals surface area contributed by atoms with E-state index < -0.39 is 37.4 Å². The van der Waals surface area contributed by atoms with Crippen LogP contribution in [0.3, 0.4) is 0 Å². The van der Waals surface area contributed by atoms with Crippen molar-refractivity contribution in [2.45, 2.75) is 18.0 Å². The molecule has 0 fully saturated rings. The average molecular weight is 556 g/mol. The summed E-state index contributed by atoms with van der Waals surface area (Å²) in [5, 5.41) is 4.08. The van der Waals surface area contributed by atoms with Gasteiger partial charge in [-0.3, -0.25) is 0 Å². The van der Waals surface area contributed by atoms with E-state index in [0.717, 1.165) is 12.3 Å². The first kappa shape index (κ1) is 26.5. The predicted octanol–water partition coefficient (Wildman–Crippen LogP) is 3.35. The summed E-state index contributed by atoms with van der Waals surface area (Å²) in [4.78, 5) is 17.2. The van der Waals surface area contributed by atoms with Crippen LogP contribution in [-0.2, 0) is 37.7 Å². The van der Waals surface area contributed by atoms with Gasteiger partial charge in [0.2, 0.25) is 5.94 Å². The summed E-state index contributed by atoms with van der Waals surface area (Å²) in [6.07, 6.45) is -1.69. The second-order valence-corrected chi connectivity index (χ2v) is 12.5. The quantitative estimate of drug-likeness (QED) is 0.250. The van der Waals surface area contributed by atoms with Gasteiger partial charge in [-0.05, 0) is 23.8 Å². The number of aromatic nitrogens is 4. The van der Waals surface area contributed by atoms with Crippen LogP contribution in [0.2, 0.25) is 0 Å². The highest BCUT2D eigenvalue weighted by Crippen LogP contribution is 2.34. The lowest BCUT2D eigenvalue weighted by molar-refractivity contribution is -0.137. The number of pyridine rings is 2. The first-order chi connectivity index (χ1) is 17.2. The number of fused-ring (bicyclic) bond motifs is 2. The van der Waals surface area contributed by atoms with Gasteiger partial charge < -0.3 is 9.40 Å². The van der Waals surface area contributed by atoms with Crippen LogP contribution in [0.15, 0.2) is 46.6 Å². The number of benzene rings is 1. The molecule has 3 aromatic heterocycles. The number of alkyl halides is 3. The lowest BCUT2D eigenvalue weighted by Gasteiger charge is -2.11. The molecule has 3 heterocycles. The minimum absolute atomic E-state index is 0.0197. The molecule has 0 bridgehead atoms. The van der Waals surface area contributed by atoms with E-state index in [4.69, 9.17) is 4.84 Å². The molecule has 0 aliphatic rings. The molecule has 0 atom stereocenters. The van der Waals surface area contributed by atoms with Gasteiger partial charge in [-0.1, -0.05) is 24.2 Å². The van der Waals surface area contributed by atoms with Crippen molar-refractivity contribution in [2.75, 3.05) is 17.9 Å². The summed E-state index contributed by atoms with van der Waals surface area (Å²) in [5.41, 5.74) is -0.169. The molecule has 4 rings (SSSR count). The number of rotatable bonds is 7. The van der Waals surface area contributed by atoms with Crippen LogP contribution in [0, 0.1) is 0 Å². The van der Waals surface area contributed by atoms with Crippen LogP contribution in [-0.4, -0.2) is 60.5 Å². The van der Waals surface area contributed by atoms with Crippen molar-refractivity contribution in [2.24, 2.45) is 12.2 Å². The Bertz CT molecular complexity index is 1770. The third kappa shape index (κ3) is 5.56. The summed E-state index contributed by atoms with van der Waals surface area (Å²) in [5.74, 6) is -0.823. The van der Waals surface area contributed by atoms with E-state index in [9.17, 15) is 30.0 Å². The number of hydrogen-bond acceptors (Lipinski definition) is 9. The van der Waals surface area contributed by atoms with Crippen molar-refractivity contribution < 1.29 is 34.8 Å². The van der Waals surface area contributed by atoms with Crippen LogP contribution in [0.4, 0.5) is 13.2 Å². The van der Waals surface area contributed by atoms with E-state index in [2.05, 4.69) is 20.1 Å². The molecule has 37 heavy (non-hydrogen) atoms. The van der Waals surface area contributed by atoms with Crippen LogP contribution in [0.1, 0.15) is 18.1 Å². The molecule has 0 N–H and O–H groups in total. The van der Waals surface area contributed by atoms with Gasteiger partial charge in [-0.15, -0.1) is 0 Å². The highest BCUT2D eigenvalue weighted by molar-refractivity contribution is 7.91. The van der Waals surface area contributed by atoms with Crippen molar-refractivity contribution in [3.05, 3.63) is 47.7 Å². The smallest absolute Gasteiger partial charge is 0.379 e. The molecule has 10 nitrogen and oxygen atoms in total. The van der Waals surface area contributed by atoms with E-state index in [-0.39, 0.29) is 33.3 Å². The lowest BCUT2D eigenvalue weighted by Crippen LogP contribution is -2.09. The minimum atomic E-state index is -4.63. The second-order valence-electron chi connectivity index (χ2n) is 8.16. The number of hydrogen-bond donors (Lipinski definition) is 0. The first-order valence-electron chi connectivity index (χ1n) is 10.6. The van der Waals surface area contributed by atoms with E-state index in [1.165, 1.54) is 30.8 Å². The van der Waals surface area contributed by atoms with E-state index >= 15 is 0 Å². The SMILES string of the molecule is CCS(=O)(=O)c1cc2ccc(/C=N/OCS(C)(=O)=O)cc2nc1-c1nc2cc(C(F)(F)F)cnc2n1C. The molecule has 0 saturated heterocycles. The molecule has 0 aliphatic heterocycles. The third-order valence-corrected chi connectivity index (χ3v) is 7.59. The maximum absolute atomic E-state index is 13.2. The van der Waals surface area contributed by atoms with E-state index in [1.54, 1.807) is 18.2 Å². The molecule has 4 aromatic rings. The summed E-state index contributed by atoms with van der Waals surface area (Å²) in [6, 6.07) is 7.04. The summed E-state index contributed by atoms with van der Waals surface area (Å²) < 4.78 is 89.1. The number of oxime groups is 1. The number of halogens is 3. The molecule has 196 valence electrons. The standard InChI is InChI=1S/C22H20F3N5O5S2/c1-4-37(33,34)18-8-14-6-5-13(10-27-35-12-36(3,31)32)7-16(14)28-19(18)21-29-17-9-15(22(23,24)25)11-26-20(17)30(21)2/h5-11H,4,12H2,1-3H3/b27-10+. The number of imidazole rings is 1. The molecule has 0 spiro atoms. The zero-order chi connectivity index (χ0) is 27.2. The van der Waals surface area contributed by atoms with Crippen molar-refractivity contribution in [1.29, 1.82) is 0 Å². The molecule has 1 aromatic carbocycles. The van der Waals surface area contributed by atoms with Gasteiger partial charge in [-0.25, -0.2) is 31.8 Å². The van der Waals surface area contributed by atoms with Gasteiger partial charge in [0.15, 0.2) is 31.1 Å². The topological polar surface area (TPSA) is 133 Å². The fraction of sp³-hybridized carbons (Fsp3) is 0.273. The van der Waals surface area contributed by atoms with Crippen LogP contribution >= 0.6 is 0 Å². The molecule has 15 heteroatoms. The third-order valence-electron chi connectivity index (χ3n) is 5.31. The van der Waals surface area contributed by atoms with Gasteiger partial charge in [0, 0.05) is 24.9 Å². The zero-order valence-corrected chi connectivity index (χ0v) is 21.3. The molecule has 0 amide bonds.